The zero-order valence-corrected chi connectivity index (χ0v) is 20.1. The van der Waals surface area contributed by atoms with Crippen LogP contribution in [0.5, 0.6) is 5.75 Å². The number of nitrogens with zero attached hydrogens (tertiary/aromatic N) is 3. The first-order valence-corrected chi connectivity index (χ1v) is 12.0. The fourth-order valence-electron chi connectivity index (χ4n) is 3.29. The highest BCUT2D eigenvalue weighted by molar-refractivity contribution is 7.99. The summed E-state index contributed by atoms with van der Waals surface area (Å²) in [5.41, 5.74) is 2.69. The highest BCUT2D eigenvalue weighted by atomic mass is 35.5. The van der Waals surface area contributed by atoms with Crippen molar-refractivity contribution in [2.75, 3.05) is 23.5 Å². The molecule has 0 saturated heterocycles. The largest absolute Gasteiger partial charge is 0.495 e. The van der Waals surface area contributed by atoms with Crippen molar-refractivity contribution < 1.29 is 9.53 Å². The van der Waals surface area contributed by atoms with Crippen LogP contribution in [0.1, 0.15) is 11.4 Å². The van der Waals surface area contributed by atoms with Crippen molar-refractivity contribution in [1.29, 1.82) is 0 Å². The Morgan fingerprint density at radius 3 is 2.50 bits per heavy atom. The third-order valence-electron chi connectivity index (χ3n) is 4.99. The molecule has 0 aliphatic rings. The maximum atomic E-state index is 12.6. The Bertz CT molecular complexity index is 1230. The quantitative estimate of drug-likeness (QED) is 0.290. The van der Waals surface area contributed by atoms with Gasteiger partial charge in [0.05, 0.1) is 31.6 Å². The second-order valence-corrected chi connectivity index (χ2v) is 8.75. The number of aromatic nitrogens is 3. The Balaban J connectivity index is 1.47. The van der Waals surface area contributed by atoms with Crippen LogP contribution in [-0.2, 0) is 17.9 Å². The molecule has 1 heterocycles. The van der Waals surface area contributed by atoms with Gasteiger partial charge in [0.25, 0.3) is 0 Å². The molecular formula is C25H24ClN5O2S. The van der Waals surface area contributed by atoms with E-state index in [9.17, 15) is 4.79 Å². The number of carbonyl (C=O) groups is 1. The van der Waals surface area contributed by atoms with Gasteiger partial charge in [0, 0.05) is 10.7 Å². The molecule has 0 saturated carbocycles. The lowest BCUT2D eigenvalue weighted by molar-refractivity contribution is -0.113. The van der Waals surface area contributed by atoms with Crippen LogP contribution in [0.2, 0.25) is 5.02 Å². The third-order valence-corrected chi connectivity index (χ3v) is 6.20. The molecule has 0 aliphatic heterocycles. The first-order valence-electron chi connectivity index (χ1n) is 10.6. The fraction of sp³-hybridized carbons (Fsp3) is 0.160. The normalized spacial score (nSPS) is 10.6. The smallest absolute Gasteiger partial charge is 0.234 e. The van der Waals surface area contributed by atoms with Gasteiger partial charge in [0.2, 0.25) is 5.91 Å². The van der Waals surface area contributed by atoms with E-state index in [1.165, 1.54) is 11.8 Å². The number of methoxy groups -OCH3 is 1. The zero-order chi connectivity index (χ0) is 23.8. The number of hydrogen-bond acceptors (Lipinski definition) is 6. The molecule has 9 heteroatoms. The Kier molecular flexibility index (Phi) is 8.06. The van der Waals surface area contributed by atoms with E-state index in [1.54, 1.807) is 19.2 Å². The molecule has 0 bridgehead atoms. The lowest BCUT2D eigenvalue weighted by Gasteiger charge is -2.12. The van der Waals surface area contributed by atoms with Gasteiger partial charge in [-0.1, -0.05) is 65.8 Å². The number of benzene rings is 3. The Labute approximate surface area is 207 Å². The van der Waals surface area contributed by atoms with Gasteiger partial charge in [-0.15, -0.1) is 10.2 Å². The number of thioether (sulfide) groups is 1. The molecule has 0 spiro atoms. The second kappa shape index (κ2) is 11.6. The molecule has 0 atom stereocenters. The Morgan fingerprint density at radius 2 is 1.74 bits per heavy atom. The molecular weight excluding hydrogens is 470 g/mol. The van der Waals surface area contributed by atoms with Crippen LogP contribution in [0.25, 0.3) is 0 Å². The van der Waals surface area contributed by atoms with Crippen LogP contribution in [-0.4, -0.2) is 33.5 Å². The molecule has 0 fully saturated rings. The van der Waals surface area contributed by atoms with Crippen molar-refractivity contribution in [2.45, 2.75) is 18.2 Å². The molecule has 1 amide bonds. The Morgan fingerprint density at radius 1 is 1.00 bits per heavy atom. The van der Waals surface area contributed by atoms with E-state index in [0.717, 1.165) is 17.1 Å². The minimum Gasteiger partial charge on any atom is -0.495 e. The van der Waals surface area contributed by atoms with Gasteiger partial charge in [-0.05, 0) is 42.0 Å². The van der Waals surface area contributed by atoms with Crippen LogP contribution in [0.15, 0.2) is 84.0 Å². The van der Waals surface area contributed by atoms with Gasteiger partial charge < -0.3 is 19.9 Å². The average molecular weight is 494 g/mol. The summed E-state index contributed by atoms with van der Waals surface area (Å²) in [6, 6.07) is 24.9. The van der Waals surface area contributed by atoms with E-state index in [-0.39, 0.29) is 11.7 Å². The molecule has 1 aromatic heterocycles. The third kappa shape index (κ3) is 6.30. The number of carbonyl (C=O) groups excluding carboxylic acids is 1. The lowest BCUT2D eigenvalue weighted by atomic mass is 10.2. The van der Waals surface area contributed by atoms with E-state index in [2.05, 4.69) is 33.0 Å². The summed E-state index contributed by atoms with van der Waals surface area (Å²) in [5.74, 6) is 1.43. The fourth-order valence-corrected chi connectivity index (χ4v) is 4.18. The number of anilines is 2. The van der Waals surface area contributed by atoms with E-state index in [4.69, 9.17) is 16.3 Å². The molecule has 7 nitrogen and oxygen atoms in total. The lowest BCUT2D eigenvalue weighted by Crippen LogP contribution is -2.16. The van der Waals surface area contributed by atoms with Gasteiger partial charge in [0.1, 0.15) is 5.75 Å². The van der Waals surface area contributed by atoms with Crippen molar-refractivity contribution in [3.05, 3.63) is 95.3 Å². The molecule has 4 rings (SSSR count). The van der Waals surface area contributed by atoms with Crippen molar-refractivity contribution in [1.82, 2.24) is 14.8 Å². The topological polar surface area (TPSA) is 81.1 Å². The number of hydrogen-bond donors (Lipinski definition) is 2. The highest BCUT2D eigenvalue weighted by Gasteiger charge is 2.15. The number of halogens is 1. The van der Waals surface area contributed by atoms with Crippen LogP contribution >= 0.6 is 23.4 Å². The summed E-state index contributed by atoms with van der Waals surface area (Å²) in [5, 5.41) is 16.4. The van der Waals surface area contributed by atoms with Crippen molar-refractivity contribution in [2.24, 2.45) is 0 Å². The summed E-state index contributed by atoms with van der Waals surface area (Å²) in [6.07, 6.45) is 0. The average Bonchev–Trinajstić information content (AvgIpc) is 3.24. The van der Waals surface area contributed by atoms with Gasteiger partial charge in [-0.3, -0.25) is 4.79 Å². The maximum absolute atomic E-state index is 12.6. The van der Waals surface area contributed by atoms with Crippen LogP contribution in [0.3, 0.4) is 0 Å². The summed E-state index contributed by atoms with van der Waals surface area (Å²) in [4.78, 5) is 12.6. The zero-order valence-electron chi connectivity index (χ0n) is 18.6. The van der Waals surface area contributed by atoms with Crippen molar-refractivity contribution >= 4 is 40.6 Å². The van der Waals surface area contributed by atoms with Crippen LogP contribution < -0.4 is 15.4 Å². The van der Waals surface area contributed by atoms with Gasteiger partial charge in [-0.25, -0.2) is 0 Å². The maximum Gasteiger partial charge on any atom is 0.234 e. The molecule has 0 aliphatic carbocycles. The minimum absolute atomic E-state index is 0.149. The van der Waals surface area contributed by atoms with E-state index < -0.39 is 0 Å². The summed E-state index contributed by atoms with van der Waals surface area (Å²) in [7, 11) is 1.57. The van der Waals surface area contributed by atoms with E-state index >= 15 is 0 Å². The number of amides is 1. The first kappa shape index (κ1) is 23.7. The number of para-hydroxylation sites is 2. The molecule has 4 aromatic rings. The van der Waals surface area contributed by atoms with E-state index in [0.29, 0.717) is 34.7 Å². The van der Waals surface area contributed by atoms with Gasteiger partial charge >= 0.3 is 0 Å². The van der Waals surface area contributed by atoms with Crippen molar-refractivity contribution in [3.8, 4) is 5.75 Å². The molecule has 0 radical (unpaired) electrons. The SMILES string of the molecule is COc1ccccc1NC(=O)CSc1nnc(CNc2ccc(Cl)cc2)n1Cc1ccccc1. The van der Waals surface area contributed by atoms with Crippen molar-refractivity contribution in [3.63, 3.8) is 0 Å². The summed E-state index contributed by atoms with van der Waals surface area (Å²) >= 11 is 7.32. The number of ether oxygens (including phenoxy) is 1. The predicted molar refractivity (Wildman–Crippen MR) is 137 cm³/mol. The number of rotatable bonds is 10. The molecule has 34 heavy (non-hydrogen) atoms. The summed E-state index contributed by atoms with van der Waals surface area (Å²) < 4.78 is 7.33. The van der Waals surface area contributed by atoms with Gasteiger partial charge in [0.15, 0.2) is 11.0 Å². The van der Waals surface area contributed by atoms with E-state index in [1.807, 2.05) is 59.2 Å². The molecule has 0 unspecified atom stereocenters. The number of nitrogens with one attached hydrogen (secondary N) is 2. The second-order valence-electron chi connectivity index (χ2n) is 7.37. The summed E-state index contributed by atoms with van der Waals surface area (Å²) in [6.45, 7) is 1.08. The van der Waals surface area contributed by atoms with Crippen LogP contribution in [0, 0.1) is 0 Å². The molecule has 174 valence electrons. The molecule has 2 N–H and O–H groups in total. The molecule has 3 aromatic carbocycles. The standard InChI is InChI=1S/C25H24ClN5O2S/c1-33-22-10-6-5-9-21(22)28-24(32)17-34-25-30-29-23(15-27-20-13-11-19(26)12-14-20)31(25)16-18-7-3-2-4-8-18/h2-14,27H,15-17H2,1H3,(H,28,32). The highest BCUT2D eigenvalue weighted by Crippen LogP contribution is 2.24. The predicted octanol–water partition coefficient (Wildman–Crippen LogP) is 5.33. The van der Waals surface area contributed by atoms with Crippen LogP contribution in [0.4, 0.5) is 11.4 Å². The Hall–Kier alpha value is -3.49. The first-order chi connectivity index (χ1) is 16.6. The van der Waals surface area contributed by atoms with Gasteiger partial charge in [-0.2, -0.15) is 0 Å². The minimum atomic E-state index is -0.149. The monoisotopic (exact) mass is 493 g/mol.